The SMILES string of the molecule is CCC(=O)[C@@H]1CC2(CN1)OCCO2. The first-order valence-corrected chi connectivity index (χ1v) is 4.80. The van der Waals surface area contributed by atoms with Gasteiger partial charge in [-0.1, -0.05) is 6.92 Å². The van der Waals surface area contributed by atoms with Gasteiger partial charge in [0.05, 0.1) is 25.8 Å². The van der Waals surface area contributed by atoms with Gasteiger partial charge in [-0.25, -0.2) is 0 Å². The second-order valence-corrected chi connectivity index (χ2v) is 3.57. The Morgan fingerprint density at radius 1 is 1.54 bits per heavy atom. The van der Waals surface area contributed by atoms with Crippen molar-refractivity contribution in [2.75, 3.05) is 19.8 Å². The van der Waals surface area contributed by atoms with E-state index in [4.69, 9.17) is 9.47 Å². The summed E-state index contributed by atoms with van der Waals surface area (Å²) in [6, 6.07) is -0.0666. The molecule has 2 heterocycles. The molecule has 2 fully saturated rings. The van der Waals surface area contributed by atoms with Crippen LogP contribution in [0.4, 0.5) is 0 Å². The zero-order chi connectivity index (χ0) is 9.31. The predicted octanol–water partition coefficient (Wildman–Crippen LogP) is 0.0705. The predicted molar refractivity (Wildman–Crippen MR) is 46.3 cm³/mol. The van der Waals surface area contributed by atoms with E-state index in [1.54, 1.807) is 0 Å². The van der Waals surface area contributed by atoms with Crippen molar-refractivity contribution in [2.24, 2.45) is 0 Å². The molecule has 0 aliphatic carbocycles. The molecule has 2 aliphatic heterocycles. The average molecular weight is 185 g/mol. The van der Waals surface area contributed by atoms with E-state index in [9.17, 15) is 4.79 Å². The van der Waals surface area contributed by atoms with Gasteiger partial charge < -0.3 is 14.8 Å². The summed E-state index contributed by atoms with van der Waals surface area (Å²) >= 11 is 0. The Morgan fingerprint density at radius 3 is 2.85 bits per heavy atom. The van der Waals surface area contributed by atoms with Crippen molar-refractivity contribution in [1.29, 1.82) is 0 Å². The van der Waals surface area contributed by atoms with Gasteiger partial charge in [0.1, 0.15) is 5.78 Å². The van der Waals surface area contributed by atoms with Crippen LogP contribution in [0.3, 0.4) is 0 Å². The lowest BCUT2D eigenvalue weighted by atomic mass is 10.1. The molecule has 2 saturated heterocycles. The first kappa shape index (κ1) is 9.12. The Bertz CT molecular complexity index is 211. The van der Waals surface area contributed by atoms with Crippen LogP contribution in [0.2, 0.25) is 0 Å². The van der Waals surface area contributed by atoms with E-state index in [0.717, 1.165) is 0 Å². The molecule has 4 nitrogen and oxygen atoms in total. The topological polar surface area (TPSA) is 47.6 Å². The minimum atomic E-state index is -0.491. The van der Waals surface area contributed by atoms with Crippen LogP contribution in [0.15, 0.2) is 0 Å². The molecule has 0 unspecified atom stereocenters. The molecule has 1 spiro atoms. The minimum Gasteiger partial charge on any atom is -0.346 e. The van der Waals surface area contributed by atoms with E-state index in [1.165, 1.54) is 0 Å². The third kappa shape index (κ3) is 1.61. The van der Waals surface area contributed by atoms with Crippen molar-refractivity contribution in [3.05, 3.63) is 0 Å². The molecule has 0 saturated carbocycles. The zero-order valence-electron chi connectivity index (χ0n) is 7.84. The summed E-state index contributed by atoms with van der Waals surface area (Å²) < 4.78 is 11.0. The number of Topliss-reactive ketones (excluding diaryl/α,β-unsaturated/α-hetero) is 1. The number of ketones is 1. The summed E-state index contributed by atoms with van der Waals surface area (Å²) in [5, 5.41) is 3.14. The van der Waals surface area contributed by atoms with Gasteiger partial charge in [0, 0.05) is 12.8 Å². The van der Waals surface area contributed by atoms with Crippen molar-refractivity contribution in [3.63, 3.8) is 0 Å². The van der Waals surface area contributed by atoms with E-state index in [-0.39, 0.29) is 11.8 Å². The van der Waals surface area contributed by atoms with Gasteiger partial charge in [-0.05, 0) is 0 Å². The number of ether oxygens (including phenoxy) is 2. The molecule has 13 heavy (non-hydrogen) atoms. The van der Waals surface area contributed by atoms with Crippen LogP contribution in [-0.4, -0.2) is 37.4 Å². The van der Waals surface area contributed by atoms with Gasteiger partial charge in [0.2, 0.25) is 0 Å². The summed E-state index contributed by atoms with van der Waals surface area (Å²) in [4.78, 5) is 11.4. The van der Waals surface area contributed by atoms with Crippen molar-refractivity contribution in [2.45, 2.75) is 31.6 Å². The third-order valence-corrected chi connectivity index (χ3v) is 2.68. The summed E-state index contributed by atoms with van der Waals surface area (Å²) in [6.07, 6.45) is 1.24. The molecular formula is C9H15NO3. The van der Waals surface area contributed by atoms with Crippen molar-refractivity contribution >= 4 is 5.78 Å². The summed E-state index contributed by atoms with van der Waals surface area (Å²) in [5.41, 5.74) is 0. The molecule has 0 aromatic carbocycles. The Hall–Kier alpha value is -0.450. The van der Waals surface area contributed by atoms with Crippen LogP contribution in [0.1, 0.15) is 19.8 Å². The van der Waals surface area contributed by atoms with Crippen LogP contribution in [0, 0.1) is 0 Å². The lowest BCUT2D eigenvalue weighted by Crippen LogP contribution is -2.32. The van der Waals surface area contributed by atoms with Crippen LogP contribution >= 0.6 is 0 Å². The standard InChI is InChI=1S/C9H15NO3/c1-2-8(11)7-5-9(6-10-7)12-3-4-13-9/h7,10H,2-6H2,1H3/t7-/m0/s1. The summed E-state index contributed by atoms with van der Waals surface area (Å²) in [6.45, 7) is 3.82. The number of hydrogen-bond donors (Lipinski definition) is 1. The van der Waals surface area contributed by atoms with Crippen molar-refractivity contribution < 1.29 is 14.3 Å². The average Bonchev–Trinajstić information content (AvgIpc) is 2.76. The molecule has 1 N–H and O–H groups in total. The molecular weight excluding hydrogens is 170 g/mol. The fourth-order valence-corrected chi connectivity index (χ4v) is 1.93. The number of hydrogen-bond acceptors (Lipinski definition) is 4. The molecule has 1 atom stereocenters. The van der Waals surface area contributed by atoms with E-state index >= 15 is 0 Å². The number of carbonyl (C=O) groups is 1. The highest BCUT2D eigenvalue weighted by atomic mass is 16.7. The number of carbonyl (C=O) groups excluding carboxylic acids is 1. The molecule has 0 aromatic heterocycles. The van der Waals surface area contributed by atoms with Gasteiger partial charge in [0.25, 0.3) is 0 Å². The highest BCUT2D eigenvalue weighted by molar-refractivity contribution is 5.84. The van der Waals surface area contributed by atoms with E-state index in [1.807, 2.05) is 6.92 Å². The maximum absolute atomic E-state index is 11.4. The minimum absolute atomic E-state index is 0.0666. The second kappa shape index (κ2) is 3.36. The molecule has 0 radical (unpaired) electrons. The van der Waals surface area contributed by atoms with Gasteiger partial charge in [-0.2, -0.15) is 0 Å². The molecule has 4 heteroatoms. The normalized spacial score (nSPS) is 31.3. The summed E-state index contributed by atoms with van der Waals surface area (Å²) in [5.74, 6) is -0.244. The van der Waals surface area contributed by atoms with Gasteiger partial charge in [-0.15, -0.1) is 0 Å². The maximum atomic E-state index is 11.4. The van der Waals surface area contributed by atoms with Crippen LogP contribution in [0.5, 0.6) is 0 Å². The van der Waals surface area contributed by atoms with Crippen LogP contribution < -0.4 is 5.32 Å². The van der Waals surface area contributed by atoms with Crippen molar-refractivity contribution in [3.8, 4) is 0 Å². The molecule has 0 bridgehead atoms. The smallest absolute Gasteiger partial charge is 0.182 e. The molecule has 2 rings (SSSR count). The van der Waals surface area contributed by atoms with Crippen molar-refractivity contribution in [1.82, 2.24) is 5.32 Å². The Kier molecular flexibility index (Phi) is 2.36. The van der Waals surface area contributed by atoms with Gasteiger partial charge >= 0.3 is 0 Å². The fourth-order valence-electron chi connectivity index (χ4n) is 1.93. The third-order valence-electron chi connectivity index (χ3n) is 2.68. The van der Waals surface area contributed by atoms with Crippen LogP contribution in [0.25, 0.3) is 0 Å². The Morgan fingerprint density at radius 2 is 2.23 bits per heavy atom. The molecule has 0 amide bonds. The largest absolute Gasteiger partial charge is 0.346 e. The first-order chi connectivity index (χ1) is 6.26. The Labute approximate surface area is 77.6 Å². The first-order valence-electron chi connectivity index (χ1n) is 4.80. The monoisotopic (exact) mass is 185 g/mol. The van der Waals surface area contributed by atoms with E-state index in [2.05, 4.69) is 5.32 Å². The quantitative estimate of drug-likeness (QED) is 0.661. The number of rotatable bonds is 2. The lowest BCUT2D eigenvalue weighted by molar-refractivity contribution is -0.143. The lowest BCUT2D eigenvalue weighted by Gasteiger charge is -2.19. The fraction of sp³-hybridized carbons (Fsp3) is 0.889. The molecule has 2 aliphatic rings. The van der Waals surface area contributed by atoms with Gasteiger partial charge in [-0.3, -0.25) is 4.79 Å². The van der Waals surface area contributed by atoms with E-state index in [0.29, 0.717) is 32.6 Å². The van der Waals surface area contributed by atoms with Crippen LogP contribution in [-0.2, 0) is 14.3 Å². The maximum Gasteiger partial charge on any atom is 0.182 e. The highest BCUT2D eigenvalue weighted by Crippen LogP contribution is 2.29. The second-order valence-electron chi connectivity index (χ2n) is 3.57. The zero-order valence-corrected chi connectivity index (χ0v) is 7.84. The molecule has 74 valence electrons. The highest BCUT2D eigenvalue weighted by Gasteiger charge is 2.45. The van der Waals surface area contributed by atoms with E-state index < -0.39 is 5.79 Å². The Balaban J connectivity index is 1.96. The molecule has 0 aromatic rings. The number of nitrogens with one attached hydrogen (secondary N) is 1. The summed E-state index contributed by atoms with van der Waals surface area (Å²) in [7, 11) is 0. The van der Waals surface area contributed by atoms with Gasteiger partial charge in [0.15, 0.2) is 5.79 Å².